The molecule has 2 atom stereocenters. The lowest BCUT2D eigenvalue weighted by atomic mass is 9.75. The molecule has 12 heavy (non-hydrogen) atoms. The molecule has 2 rings (SSSR count). The van der Waals surface area contributed by atoms with Crippen LogP contribution >= 0.6 is 0 Å². The Labute approximate surface area is 73.8 Å². The van der Waals surface area contributed by atoms with Crippen LogP contribution in [-0.4, -0.2) is 49.8 Å². The molecule has 2 aliphatic heterocycles. The number of fused-ring (bicyclic) bond motifs is 2. The van der Waals surface area contributed by atoms with E-state index in [9.17, 15) is 5.11 Å². The molecule has 3 nitrogen and oxygen atoms in total. The SMILES string of the molecule is CN1CC2CNCC(C1)C2CO. The van der Waals surface area contributed by atoms with Crippen molar-refractivity contribution in [1.29, 1.82) is 0 Å². The van der Waals surface area contributed by atoms with E-state index in [1.54, 1.807) is 0 Å². The highest BCUT2D eigenvalue weighted by atomic mass is 16.3. The van der Waals surface area contributed by atoms with Gasteiger partial charge in [-0.05, 0) is 37.9 Å². The Hall–Kier alpha value is -0.120. The number of nitrogens with one attached hydrogen (secondary N) is 1. The van der Waals surface area contributed by atoms with Crippen molar-refractivity contribution in [2.75, 3.05) is 39.8 Å². The summed E-state index contributed by atoms with van der Waals surface area (Å²) < 4.78 is 0. The second kappa shape index (κ2) is 3.32. The maximum absolute atomic E-state index is 9.24. The third-order valence-electron chi connectivity index (χ3n) is 3.33. The summed E-state index contributed by atoms with van der Waals surface area (Å²) in [6, 6.07) is 0. The van der Waals surface area contributed by atoms with Gasteiger partial charge in [0.15, 0.2) is 0 Å². The van der Waals surface area contributed by atoms with Crippen molar-refractivity contribution >= 4 is 0 Å². The number of aliphatic hydroxyl groups is 1. The normalized spacial score (nSPS) is 43.0. The van der Waals surface area contributed by atoms with E-state index in [1.165, 1.54) is 0 Å². The van der Waals surface area contributed by atoms with Crippen molar-refractivity contribution in [1.82, 2.24) is 10.2 Å². The van der Waals surface area contributed by atoms with Crippen LogP contribution in [0.15, 0.2) is 0 Å². The van der Waals surface area contributed by atoms with Gasteiger partial charge in [-0.15, -0.1) is 0 Å². The summed E-state index contributed by atoms with van der Waals surface area (Å²) in [6.07, 6.45) is 0. The fraction of sp³-hybridized carbons (Fsp3) is 1.00. The van der Waals surface area contributed by atoms with Gasteiger partial charge in [0.2, 0.25) is 0 Å². The number of likely N-dealkylation sites (tertiary alicyclic amines) is 1. The van der Waals surface area contributed by atoms with Crippen LogP contribution in [0.5, 0.6) is 0 Å². The molecule has 2 saturated heterocycles. The van der Waals surface area contributed by atoms with E-state index in [0.29, 0.717) is 24.4 Å². The van der Waals surface area contributed by atoms with Crippen LogP contribution in [0.25, 0.3) is 0 Å². The van der Waals surface area contributed by atoms with Crippen LogP contribution < -0.4 is 5.32 Å². The van der Waals surface area contributed by atoms with Crippen molar-refractivity contribution in [2.45, 2.75) is 0 Å². The molecule has 0 radical (unpaired) electrons. The molecule has 0 aromatic heterocycles. The molecule has 0 spiro atoms. The maximum atomic E-state index is 9.24. The molecule has 0 aromatic carbocycles. The number of rotatable bonds is 1. The summed E-state index contributed by atoms with van der Waals surface area (Å²) in [5, 5.41) is 12.7. The van der Waals surface area contributed by atoms with Crippen LogP contribution in [0, 0.1) is 17.8 Å². The minimum atomic E-state index is 0.380. The highest BCUT2D eigenvalue weighted by molar-refractivity contribution is 4.91. The Bertz CT molecular complexity index is 149. The second-order valence-electron chi connectivity index (χ2n) is 4.25. The van der Waals surface area contributed by atoms with Gasteiger partial charge in [0.25, 0.3) is 0 Å². The zero-order chi connectivity index (χ0) is 8.55. The fourth-order valence-corrected chi connectivity index (χ4v) is 2.72. The predicted molar refractivity (Wildman–Crippen MR) is 47.9 cm³/mol. The molecule has 2 N–H and O–H groups in total. The van der Waals surface area contributed by atoms with E-state index in [1.807, 2.05) is 0 Å². The average molecular weight is 170 g/mol. The van der Waals surface area contributed by atoms with Gasteiger partial charge >= 0.3 is 0 Å². The van der Waals surface area contributed by atoms with Crippen molar-refractivity contribution < 1.29 is 5.11 Å². The highest BCUT2D eigenvalue weighted by Crippen LogP contribution is 2.29. The van der Waals surface area contributed by atoms with E-state index in [4.69, 9.17) is 0 Å². The monoisotopic (exact) mass is 170 g/mol. The number of nitrogens with zero attached hydrogens (tertiary/aromatic N) is 1. The molecule has 2 fully saturated rings. The Kier molecular flexibility index (Phi) is 2.35. The smallest absolute Gasteiger partial charge is 0.0466 e. The van der Waals surface area contributed by atoms with Crippen LogP contribution in [-0.2, 0) is 0 Å². The second-order valence-corrected chi connectivity index (χ2v) is 4.25. The zero-order valence-electron chi connectivity index (χ0n) is 7.66. The highest BCUT2D eigenvalue weighted by Gasteiger charge is 2.37. The lowest BCUT2D eigenvalue weighted by molar-refractivity contribution is 0.0145. The summed E-state index contributed by atoms with van der Waals surface area (Å²) in [7, 11) is 2.18. The maximum Gasteiger partial charge on any atom is 0.0466 e. The molecule has 0 saturated carbocycles. The van der Waals surface area contributed by atoms with E-state index in [2.05, 4.69) is 17.3 Å². The molecule has 2 heterocycles. The molecule has 0 amide bonds. The molecule has 2 aliphatic rings. The first-order chi connectivity index (χ1) is 5.81. The minimum absolute atomic E-state index is 0.380. The molecule has 0 aliphatic carbocycles. The summed E-state index contributed by atoms with van der Waals surface area (Å²) in [5.74, 6) is 1.91. The quantitative estimate of drug-likeness (QED) is 0.550. The van der Waals surface area contributed by atoms with Crippen molar-refractivity contribution in [3.63, 3.8) is 0 Å². The Balaban J connectivity index is 2.06. The third kappa shape index (κ3) is 1.37. The first kappa shape index (κ1) is 8.48. The van der Waals surface area contributed by atoms with E-state index in [-0.39, 0.29) is 0 Å². The molecular formula is C9H18N2O. The van der Waals surface area contributed by atoms with Gasteiger partial charge in [0, 0.05) is 19.7 Å². The largest absolute Gasteiger partial charge is 0.396 e. The third-order valence-corrected chi connectivity index (χ3v) is 3.33. The van der Waals surface area contributed by atoms with Gasteiger partial charge < -0.3 is 15.3 Å². The lowest BCUT2D eigenvalue weighted by Crippen LogP contribution is -2.56. The Morgan fingerprint density at radius 1 is 1.33 bits per heavy atom. The molecular weight excluding hydrogens is 152 g/mol. The molecule has 2 unspecified atom stereocenters. The molecule has 70 valence electrons. The van der Waals surface area contributed by atoms with Gasteiger partial charge in [-0.1, -0.05) is 0 Å². The van der Waals surface area contributed by atoms with Crippen molar-refractivity contribution in [3.8, 4) is 0 Å². The lowest BCUT2D eigenvalue weighted by Gasteiger charge is -2.45. The summed E-state index contributed by atoms with van der Waals surface area (Å²) >= 11 is 0. The van der Waals surface area contributed by atoms with Crippen LogP contribution in [0.4, 0.5) is 0 Å². The molecule has 2 bridgehead atoms. The van der Waals surface area contributed by atoms with E-state index in [0.717, 1.165) is 26.2 Å². The zero-order valence-corrected chi connectivity index (χ0v) is 7.66. The minimum Gasteiger partial charge on any atom is -0.396 e. The van der Waals surface area contributed by atoms with Gasteiger partial charge in [0.05, 0.1) is 0 Å². The topological polar surface area (TPSA) is 35.5 Å². The number of hydrogen-bond acceptors (Lipinski definition) is 3. The summed E-state index contributed by atoms with van der Waals surface area (Å²) in [6.45, 7) is 4.85. The first-order valence-electron chi connectivity index (χ1n) is 4.81. The van der Waals surface area contributed by atoms with Gasteiger partial charge in [0.1, 0.15) is 0 Å². The number of hydrogen-bond donors (Lipinski definition) is 2. The van der Waals surface area contributed by atoms with Crippen LogP contribution in [0.1, 0.15) is 0 Å². The number of aliphatic hydroxyl groups excluding tert-OH is 1. The van der Waals surface area contributed by atoms with Crippen LogP contribution in [0.2, 0.25) is 0 Å². The molecule has 3 heteroatoms. The average Bonchev–Trinajstić information content (AvgIpc) is 2.02. The summed E-state index contributed by atoms with van der Waals surface area (Å²) in [4.78, 5) is 2.39. The Morgan fingerprint density at radius 2 is 1.92 bits per heavy atom. The van der Waals surface area contributed by atoms with Crippen LogP contribution in [0.3, 0.4) is 0 Å². The van der Waals surface area contributed by atoms with Gasteiger partial charge in [-0.25, -0.2) is 0 Å². The van der Waals surface area contributed by atoms with E-state index >= 15 is 0 Å². The fourth-order valence-electron chi connectivity index (χ4n) is 2.72. The van der Waals surface area contributed by atoms with Gasteiger partial charge in [-0.3, -0.25) is 0 Å². The number of piperidine rings is 2. The summed E-state index contributed by atoms with van der Waals surface area (Å²) in [5.41, 5.74) is 0. The van der Waals surface area contributed by atoms with Crippen molar-refractivity contribution in [2.24, 2.45) is 17.8 Å². The predicted octanol–water partition coefficient (Wildman–Crippen LogP) is -0.624. The Morgan fingerprint density at radius 3 is 2.42 bits per heavy atom. The van der Waals surface area contributed by atoms with E-state index < -0.39 is 0 Å². The van der Waals surface area contributed by atoms with Crippen molar-refractivity contribution in [3.05, 3.63) is 0 Å². The first-order valence-corrected chi connectivity index (χ1v) is 4.81. The molecule has 0 aromatic rings. The van der Waals surface area contributed by atoms with Gasteiger partial charge in [-0.2, -0.15) is 0 Å². The standard InChI is InChI=1S/C9H18N2O/c1-11-4-7-2-10-3-8(5-11)9(7)6-12/h7-10,12H,2-6H2,1H3.